The zero-order valence-electron chi connectivity index (χ0n) is 15.1. The van der Waals surface area contributed by atoms with E-state index < -0.39 is 0 Å². The molecule has 0 bridgehead atoms. The van der Waals surface area contributed by atoms with E-state index in [0.29, 0.717) is 0 Å². The average Bonchev–Trinajstić information content (AvgIpc) is 2.74. The predicted molar refractivity (Wildman–Crippen MR) is 138 cm³/mol. The van der Waals surface area contributed by atoms with Crippen LogP contribution in [0.5, 0.6) is 0 Å². The normalized spacial score (nSPS) is 11.1. The van der Waals surface area contributed by atoms with Gasteiger partial charge in [-0.2, -0.15) is 0 Å². The fourth-order valence-electron chi connectivity index (χ4n) is 3.31. The van der Waals surface area contributed by atoms with E-state index in [1.54, 1.807) is 0 Å². The highest BCUT2D eigenvalue weighted by Gasteiger charge is 2.08. The van der Waals surface area contributed by atoms with Gasteiger partial charge in [0.25, 0.3) is 0 Å². The molecular weight excluding hydrogens is 566 g/mol. The lowest BCUT2D eigenvalue weighted by molar-refractivity contribution is 1.55. The van der Waals surface area contributed by atoms with Crippen molar-refractivity contribution in [3.63, 3.8) is 0 Å². The zero-order valence-corrected chi connectivity index (χ0v) is 19.5. The van der Waals surface area contributed by atoms with Crippen LogP contribution in [0.4, 0.5) is 0 Å². The molecule has 4 aromatic rings. The largest absolute Gasteiger partial charge is 0.0616 e. The van der Waals surface area contributed by atoms with Gasteiger partial charge in [-0.3, -0.25) is 0 Å². The average molecular weight is 584 g/mol. The summed E-state index contributed by atoms with van der Waals surface area (Å²) in [7, 11) is 0. The molecule has 4 rings (SSSR count). The van der Waals surface area contributed by atoms with Crippen LogP contribution in [0.15, 0.2) is 97.1 Å². The molecule has 0 atom stereocenters. The third-order valence-electron chi connectivity index (χ3n) is 4.69. The Morgan fingerprint density at radius 2 is 0.714 bits per heavy atom. The van der Waals surface area contributed by atoms with E-state index in [4.69, 9.17) is 0 Å². The molecule has 136 valence electrons. The number of benzene rings is 4. The van der Waals surface area contributed by atoms with E-state index in [-0.39, 0.29) is 0 Å². The maximum absolute atomic E-state index is 2.41. The molecule has 0 N–H and O–H groups in total. The first kappa shape index (κ1) is 19.4. The van der Waals surface area contributed by atoms with Gasteiger partial charge in [0.05, 0.1) is 0 Å². The van der Waals surface area contributed by atoms with Crippen molar-refractivity contribution in [1.29, 1.82) is 0 Å². The van der Waals surface area contributed by atoms with E-state index in [9.17, 15) is 0 Å². The molecule has 28 heavy (non-hydrogen) atoms. The van der Waals surface area contributed by atoms with Crippen molar-refractivity contribution in [2.75, 3.05) is 0 Å². The first-order valence-electron chi connectivity index (χ1n) is 9.10. The van der Waals surface area contributed by atoms with Crippen LogP contribution >= 0.6 is 45.2 Å². The van der Waals surface area contributed by atoms with Gasteiger partial charge in [-0.25, -0.2) is 0 Å². The Balaban J connectivity index is 1.77. The molecule has 0 radical (unpaired) electrons. The molecular formula is C26H18I2. The number of halogens is 2. The van der Waals surface area contributed by atoms with Crippen LogP contribution in [0.1, 0.15) is 11.1 Å². The molecule has 0 aliphatic rings. The van der Waals surface area contributed by atoms with Gasteiger partial charge in [0, 0.05) is 7.14 Å². The minimum Gasteiger partial charge on any atom is -0.0616 e. The predicted octanol–water partition coefficient (Wildman–Crippen LogP) is 8.40. The number of hydrogen-bond donors (Lipinski definition) is 0. The van der Waals surface area contributed by atoms with Crippen LogP contribution in [0, 0.1) is 7.14 Å². The lowest BCUT2D eigenvalue weighted by atomic mass is 9.96. The maximum Gasteiger partial charge on any atom is 0.0209 e. The minimum atomic E-state index is 1.23. The molecule has 0 saturated carbocycles. The Kier molecular flexibility index (Phi) is 6.27. The molecule has 0 amide bonds. The van der Waals surface area contributed by atoms with Gasteiger partial charge in [-0.15, -0.1) is 0 Å². The first-order chi connectivity index (χ1) is 13.7. The Labute approximate surface area is 193 Å². The lowest BCUT2D eigenvalue weighted by Gasteiger charge is -2.10. The Morgan fingerprint density at radius 1 is 0.393 bits per heavy atom. The minimum absolute atomic E-state index is 1.23. The summed E-state index contributed by atoms with van der Waals surface area (Å²) in [6.45, 7) is 0. The van der Waals surface area contributed by atoms with Crippen molar-refractivity contribution in [1.82, 2.24) is 0 Å². The number of hydrogen-bond acceptors (Lipinski definition) is 0. The molecule has 4 aromatic carbocycles. The summed E-state index contributed by atoms with van der Waals surface area (Å²) in [6.07, 6.45) is 4.46. The van der Waals surface area contributed by atoms with E-state index in [1.165, 1.54) is 40.5 Å². The quantitative estimate of drug-likeness (QED) is 0.167. The summed E-state index contributed by atoms with van der Waals surface area (Å²) >= 11 is 4.82. The highest BCUT2D eigenvalue weighted by atomic mass is 127. The molecule has 0 aliphatic carbocycles. The molecule has 0 aromatic heterocycles. The van der Waals surface area contributed by atoms with Crippen molar-refractivity contribution in [3.8, 4) is 22.3 Å². The summed E-state index contributed by atoms with van der Waals surface area (Å²) < 4.78 is 2.53. The SMILES string of the molecule is Ic1ccccc1-c1ccccc1/C=C/c1ccccc1-c1ccccc1I. The van der Waals surface area contributed by atoms with Crippen molar-refractivity contribution < 1.29 is 0 Å². The summed E-state index contributed by atoms with van der Waals surface area (Å²) in [5.74, 6) is 0. The zero-order chi connectivity index (χ0) is 19.3. The summed E-state index contributed by atoms with van der Waals surface area (Å²) in [5, 5.41) is 0. The van der Waals surface area contributed by atoms with Crippen molar-refractivity contribution in [2.45, 2.75) is 0 Å². The van der Waals surface area contributed by atoms with Gasteiger partial charge < -0.3 is 0 Å². The molecule has 0 fully saturated rings. The second-order valence-electron chi connectivity index (χ2n) is 6.47. The van der Waals surface area contributed by atoms with E-state index in [1.807, 2.05) is 0 Å². The molecule has 0 spiro atoms. The summed E-state index contributed by atoms with van der Waals surface area (Å²) in [4.78, 5) is 0. The first-order valence-corrected chi connectivity index (χ1v) is 11.3. The molecule has 2 heteroatoms. The van der Waals surface area contributed by atoms with Crippen LogP contribution in [0.2, 0.25) is 0 Å². The summed E-state index contributed by atoms with van der Waals surface area (Å²) in [5.41, 5.74) is 7.52. The van der Waals surface area contributed by atoms with Crippen molar-refractivity contribution in [3.05, 3.63) is 115 Å². The van der Waals surface area contributed by atoms with E-state index >= 15 is 0 Å². The third kappa shape index (κ3) is 4.23. The van der Waals surface area contributed by atoms with Gasteiger partial charge in [0.1, 0.15) is 0 Å². The standard InChI is InChI=1S/C26H18I2/c27-25-15-7-5-13-23(25)21-11-3-1-9-19(21)17-18-20-10-2-4-12-22(20)24-14-6-8-16-26(24)28/h1-18H/b18-17+. The fourth-order valence-corrected chi connectivity index (χ4v) is 4.67. The molecule has 0 unspecified atom stereocenters. The van der Waals surface area contributed by atoms with Gasteiger partial charge >= 0.3 is 0 Å². The maximum atomic E-state index is 2.41. The van der Waals surface area contributed by atoms with Crippen LogP contribution < -0.4 is 0 Å². The highest BCUT2D eigenvalue weighted by Crippen LogP contribution is 2.32. The summed E-state index contributed by atoms with van der Waals surface area (Å²) in [6, 6.07) is 34.2. The van der Waals surface area contributed by atoms with Crippen LogP contribution in [-0.4, -0.2) is 0 Å². The Bertz CT molecular complexity index is 1050. The second-order valence-corrected chi connectivity index (χ2v) is 8.79. The van der Waals surface area contributed by atoms with Gasteiger partial charge in [0.2, 0.25) is 0 Å². The molecule has 0 saturated heterocycles. The molecule has 0 nitrogen and oxygen atoms in total. The lowest BCUT2D eigenvalue weighted by Crippen LogP contribution is -1.87. The van der Waals surface area contributed by atoms with Crippen molar-refractivity contribution >= 4 is 57.3 Å². The van der Waals surface area contributed by atoms with E-state index in [0.717, 1.165) is 0 Å². The Morgan fingerprint density at radius 3 is 1.11 bits per heavy atom. The Hall–Kier alpha value is -1.92. The third-order valence-corrected chi connectivity index (χ3v) is 6.57. The fraction of sp³-hybridized carbons (Fsp3) is 0. The van der Waals surface area contributed by atoms with E-state index in [2.05, 4.69) is 154 Å². The van der Waals surface area contributed by atoms with Gasteiger partial charge in [-0.05, 0) is 90.7 Å². The molecule has 0 aliphatic heterocycles. The van der Waals surface area contributed by atoms with Crippen LogP contribution in [-0.2, 0) is 0 Å². The molecule has 0 heterocycles. The van der Waals surface area contributed by atoms with Crippen molar-refractivity contribution in [2.24, 2.45) is 0 Å². The number of rotatable bonds is 4. The topological polar surface area (TPSA) is 0 Å². The smallest absolute Gasteiger partial charge is 0.0209 e. The monoisotopic (exact) mass is 584 g/mol. The van der Waals surface area contributed by atoms with Gasteiger partial charge in [0.15, 0.2) is 0 Å². The van der Waals surface area contributed by atoms with Crippen LogP contribution in [0.25, 0.3) is 34.4 Å². The van der Waals surface area contributed by atoms with Crippen LogP contribution in [0.3, 0.4) is 0 Å². The highest BCUT2D eigenvalue weighted by molar-refractivity contribution is 14.1. The van der Waals surface area contributed by atoms with Gasteiger partial charge in [-0.1, -0.05) is 97.1 Å². The second kappa shape index (κ2) is 9.05.